The number of benzene rings is 1. The van der Waals surface area contributed by atoms with Gasteiger partial charge in [0.15, 0.2) is 4.90 Å². The van der Waals surface area contributed by atoms with Crippen molar-refractivity contribution in [3.8, 4) is 0 Å². The molecule has 1 unspecified atom stereocenters. The van der Waals surface area contributed by atoms with Crippen LogP contribution in [0, 0.1) is 15.5 Å². The van der Waals surface area contributed by atoms with Crippen molar-refractivity contribution in [2.75, 3.05) is 13.1 Å². The van der Waals surface area contributed by atoms with E-state index in [9.17, 15) is 18.5 Å². The van der Waals surface area contributed by atoms with Gasteiger partial charge in [-0.2, -0.15) is 4.31 Å². The molecule has 1 atom stereocenters. The molecule has 0 bridgehead atoms. The van der Waals surface area contributed by atoms with E-state index in [-0.39, 0.29) is 41.5 Å². The van der Waals surface area contributed by atoms with E-state index in [2.05, 4.69) is 0 Å². The average molecular weight is 384 g/mol. The Morgan fingerprint density at radius 2 is 2.04 bits per heavy atom. The normalized spacial score (nSPS) is 21.5. The second kappa shape index (κ2) is 6.90. The second-order valence-corrected chi connectivity index (χ2v) is 8.43. The standard InChI is InChI=1S/C13H18ClN3O4S.ClH/c1-13(2)8-16(6-5-12(13)15)22(20,21)11-4-3-9(14)7-10(11)17(18)19;/h3-4,7,12H,5-6,8,15H2,1-2H3;1H. The molecular formula is C13H19Cl2N3O4S. The Morgan fingerprint density at radius 3 is 2.57 bits per heavy atom. The van der Waals surface area contributed by atoms with Crippen molar-refractivity contribution in [3.05, 3.63) is 33.3 Å². The van der Waals surface area contributed by atoms with E-state index >= 15 is 0 Å². The molecule has 1 aromatic rings. The number of sulfonamides is 1. The number of nitrogens with two attached hydrogens (primary N) is 1. The fourth-order valence-electron chi connectivity index (χ4n) is 2.52. The molecule has 0 spiro atoms. The summed E-state index contributed by atoms with van der Waals surface area (Å²) in [6, 6.07) is 3.45. The molecule has 2 N–H and O–H groups in total. The maximum Gasteiger partial charge on any atom is 0.290 e. The van der Waals surface area contributed by atoms with Crippen molar-refractivity contribution < 1.29 is 13.3 Å². The summed E-state index contributed by atoms with van der Waals surface area (Å²) in [6.45, 7) is 4.23. The van der Waals surface area contributed by atoms with Crippen molar-refractivity contribution in [3.63, 3.8) is 0 Å². The minimum Gasteiger partial charge on any atom is -0.327 e. The second-order valence-electron chi connectivity index (χ2n) is 6.09. The van der Waals surface area contributed by atoms with Gasteiger partial charge in [0.1, 0.15) is 0 Å². The van der Waals surface area contributed by atoms with Crippen LogP contribution >= 0.6 is 24.0 Å². The molecule has 1 heterocycles. The Balaban J connectivity index is 0.00000264. The number of rotatable bonds is 3. The molecule has 0 radical (unpaired) electrons. The van der Waals surface area contributed by atoms with Crippen molar-refractivity contribution >= 4 is 39.7 Å². The molecule has 23 heavy (non-hydrogen) atoms. The zero-order valence-electron chi connectivity index (χ0n) is 12.7. The summed E-state index contributed by atoms with van der Waals surface area (Å²) in [7, 11) is -3.97. The molecule has 2 rings (SSSR count). The molecule has 1 fully saturated rings. The molecule has 130 valence electrons. The lowest BCUT2D eigenvalue weighted by Gasteiger charge is -2.41. The average Bonchev–Trinajstić information content (AvgIpc) is 2.41. The van der Waals surface area contributed by atoms with Gasteiger partial charge in [-0.15, -0.1) is 12.4 Å². The summed E-state index contributed by atoms with van der Waals surface area (Å²) in [6.07, 6.45) is 0.508. The Bertz CT molecular complexity index is 709. The largest absolute Gasteiger partial charge is 0.327 e. The van der Waals surface area contributed by atoms with Crippen LogP contribution in [0.15, 0.2) is 23.1 Å². The lowest BCUT2D eigenvalue weighted by atomic mass is 9.81. The summed E-state index contributed by atoms with van der Waals surface area (Å²) in [5.74, 6) is 0. The molecular weight excluding hydrogens is 365 g/mol. The molecule has 10 heteroatoms. The number of piperidine rings is 1. The van der Waals surface area contributed by atoms with Gasteiger partial charge in [0.05, 0.1) is 4.92 Å². The number of nitro benzene ring substituents is 1. The highest BCUT2D eigenvalue weighted by atomic mass is 35.5. The third-order valence-electron chi connectivity index (χ3n) is 4.01. The van der Waals surface area contributed by atoms with Crippen molar-refractivity contribution in [2.45, 2.75) is 31.2 Å². The maximum atomic E-state index is 12.8. The third-order valence-corrected chi connectivity index (χ3v) is 6.14. The molecule has 1 aliphatic rings. The first kappa shape index (κ1) is 20.1. The third kappa shape index (κ3) is 3.95. The van der Waals surface area contributed by atoms with Crippen molar-refractivity contribution in [1.82, 2.24) is 4.31 Å². The smallest absolute Gasteiger partial charge is 0.290 e. The maximum absolute atomic E-state index is 12.8. The van der Waals surface area contributed by atoms with Crippen LogP contribution in [0.25, 0.3) is 0 Å². The van der Waals surface area contributed by atoms with Crippen LogP contribution < -0.4 is 5.73 Å². The summed E-state index contributed by atoms with van der Waals surface area (Å²) in [5.41, 5.74) is 5.10. The molecule has 0 amide bonds. The first-order valence-corrected chi connectivity index (χ1v) is 8.57. The summed E-state index contributed by atoms with van der Waals surface area (Å²) in [5, 5.41) is 11.2. The van der Waals surface area contributed by atoms with E-state index in [1.54, 1.807) is 0 Å². The zero-order chi connectivity index (χ0) is 16.7. The van der Waals surface area contributed by atoms with E-state index in [4.69, 9.17) is 17.3 Å². The van der Waals surface area contributed by atoms with E-state index < -0.39 is 26.0 Å². The summed E-state index contributed by atoms with van der Waals surface area (Å²) < 4.78 is 26.8. The Hall–Kier alpha value is -0.930. The summed E-state index contributed by atoms with van der Waals surface area (Å²) >= 11 is 5.73. The molecule has 7 nitrogen and oxygen atoms in total. The van der Waals surface area contributed by atoms with Gasteiger partial charge in [-0.05, 0) is 24.0 Å². The van der Waals surface area contributed by atoms with Gasteiger partial charge in [0.25, 0.3) is 5.69 Å². The number of halogens is 2. The fourth-order valence-corrected chi connectivity index (χ4v) is 4.45. The monoisotopic (exact) mass is 383 g/mol. The van der Waals surface area contributed by atoms with E-state index in [0.717, 1.165) is 6.07 Å². The SMILES string of the molecule is CC1(C)CN(S(=O)(=O)c2ccc(Cl)cc2[N+](=O)[O-])CCC1N.Cl. The van der Waals surface area contributed by atoms with Gasteiger partial charge in [-0.3, -0.25) is 10.1 Å². The van der Waals surface area contributed by atoms with Crippen LogP contribution in [0.1, 0.15) is 20.3 Å². The van der Waals surface area contributed by atoms with Crippen LogP contribution in [0.3, 0.4) is 0 Å². The lowest BCUT2D eigenvalue weighted by Crippen LogP contribution is -2.53. The molecule has 0 aromatic heterocycles. The Kier molecular flexibility index (Phi) is 6.04. The number of nitrogens with zero attached hydrogens (tertiary/aromatic N) is 2. The van der Waals surface area contributed by atoms with Gasteiger partial charge < -0.3 is 5.73 Å². The fraction of sp³-hybridized carbons (Fsp3) is 0.538. The summed E-state index contributed by atoms with van der Waals surface area (Å²) in [4.78, 5) is 10.1. The highest BCUT2D eigenvalue weighted by Crippen LogP contribution is 2.34. The van der Waals surface area contributed by atoms with Crippen LogP contribution in [0.5, 0.6) is 0 Å². The predicted molar refractivity (Wildman–Crippen MR) is 90.5 cm³/mol. The highest BCUT2D eigenvalue weighted by molar-refractivity contribution is 7.89. The molecule has 1 aromatic carbocycles. The van der Waals surface area contributed by atoms with Gasteiger partial charge in [0, 0.05) is 30.2 Å². The van der Waals surface area contributed by atoms with Crippen molar-refractivity contribution in [1.29, 1.82) is 0 Å². The van der Waals surface area contributed by atoms with Crippen LogP contribution in [0.4, 0.5) is 5.69 Å². The molecule has 0 saturated carbocycles. The van der Waals surface area contributed by atoms with Gasteiger partial charge in [-0.1, -0.05) is 25.4 Å². The van der Waals surface area contributed by atoms with Gasteiger partial charge >= 0.3 is 0 Å². The first-order valence-electron chi connectivity index (χ1n) is 6.75. The number of hydrogen-bond donors (Lipinski definition) is 1. The number of nitro groups is 1. The van der Waals surface area contributed by atoms with E-state index in [1.807, 2.05) is 13.8 Å². The Morgan fingerprint density at radius 1 is 1.43 bits per heavy atom. The van der Waals surface area contributed by atoms with Gasteiger partial charge in [-0.25, -0.2) is 8.42 Å². The van der Waals surface area contributed by atoms with Crippen LogP contribution in [-0.2, 0) is 10.0 Å². The zero-order valence-corrected chi connectivity index (χ0v) is 15.1. The highest BCUT2D eigenvalue weighted by Gasteiger charge is 2.40. The van der Waals surface area contributed by atoms with E-state index in [0.29, 0.717) is 6.42 Å². The van der Waals surface area contributed by atoms with Crippen molar-refractivity contribution in [2.24, 2.45) is 11.1 Å². The van der Waals surface area contributed by atoms with Crippen LogP contribution in [0.2, 0.25) is 5.02 Å². The van der Waals surface area contributed by atoms with Gasteiger partial charge in [0.2, 0.25) is 10.0 Å². The molecule has 1 aliphatic heterocycles. The van der Waals surface area contributed by atoms with Crippen LogP contribution in [-0.4, -0.2) is 36.8 Å². The molecule has 1 saturated heterocycles. The lowest BCUT2D eigenvalue weighted by molar-refractivity contribution is -0.387. The number of hydrogen-bond acceptors (Lipinski definition) is 5. The Labute approximate surface area is 146 Å². The first-order chi connectivity index (χ1) is 10.1. The topological polar surface area (TPSA) is 107 Å². The quantitative estimate of drug-likeness (QED) is 0.636. The molecule has 0 aliphatic carbocycles. The minimum atomic E-state index is -3.97. The minimum absolute atomic E-state index is 0. The predicted octanol–water partition coefficient (Wildman–Crippen LogP) is 2.42. The van der Waals surface area contributed by atoms with E-state index in [1.165, 1.54) is 16.4 Å².